The second kappa shape index (κ2) is 9.50. The summed E-state index contributed by atoms with van der Waals surface area (Å²) in [5, 5.41) is 11.1. The lowest BCUT2D eigenvalue weighted by Gasteiger charge is -2.16. The molecule has 1 atom stereocenters. The summed E-state index contributed by atoms with van der Waals surface area (Å²) in [6, 6.07) is 7.02. The Balaban J connectivity index is 2.55. The number of hydrogen-bond acceptors (Lipinski definition) is 4. The highest BCUT2D eigenvalue weighted by atomic mass is 19.1. The van der Waals surface area contributed by atoms with E-state index in [0.29, 0.717) is 31.2 Å². The molecule has 0 saturated heterocycles. The lowest BCUT2D eigenvalue weighted by molar-refractivity contribution is -0.145. The van der Waals surface area contributed by atoms with Gasteiger partial charge in [0.1, 0.15) is 11.9 Å². The number of halogens is 1. The Hall–Kier alpha value is -2.42. The Labute approximate surface area is 129 Å². The van der Waals surface area contributed by atoms with Crippen LogP contribution < -0.4 is 5.32 Å². The molecule has 0 spiro atoms. The third-order valence-corrected chi connectivity index (χ3v) is 3.11. The lowest BCUT2D eigenvalue weighted by atomic mass is 10.1. The molecule has 0 saturated carbocycles. The van der Waals surface area contributed by atoms with Crippen molar-refractivity contribution >= 4 is 11.9 Å². The zero-order valence-corrected chi connectivity index (χ0v) is 12.5. The molecule has 0 fully saturated rings. The number of esters is 1. The predicted molar refractivity (Wildman–Crippen MR) is 78.1 cm³/mol. The number of amides is 1. The van der Waals surface area contributed by atoms with E-state index in [1.165, 1.54) is 25.3 Å². The maximum atomic E-state index is 13.1. The number of hydrogen-bond donors (Lipinski definition) is 1. The average Bonchev–Trinajstić information content (AvgIpc) is 2.49. The van der Waals surface area contributed by atoms with E-state index in [1.54, 1.807) is 6.07 Å². The fraction of sp³-hybridized carbons (Fsp3) is 0.438. The van der Waals surface area contributed by atoms with Crippen LogP contribution in [0.25, 0.3) is 0 Å². The Bertz CT molecular complexity index is 555. The van der Waals surface area contributed by atoms with Gasteiger partial charge in [-0.15, -0.1) is 0 Å². The molecule has 0 radical (unpaired) electrons. The fourth-order valence-electron chi connectivity index (χ4n) is 2.02. The maximum Gasteiger partial charge on any atom is 0.328 e. The molecule has 0 aromatic heterocycles. The number of rotatable bonds is 8. The SMILES string of the molecule is COC(=O)[C@H](CCCCC#N)NC(=O)Cc1cccc(F)c1. The number of carbonyl (C=O) groups excluding carboxylic acids is 2. The van der Waals surface area contributed by atoms with Crippen molar-refractivity contribution in [2.45, 2.75) is 38.1 Å². The van der Waals surface area contributed by atoms with Crippen molar-refractivity contribution in [2.24, 2.45) is 0 Å². The number of nitrogens with zero attached hydrogens (tertiary/aromatic N) is 1. The highest BCUT2D eigenvalue weighted by Crippen LogP contribution is 2.07. The summed E-state index contributed by atoms with van der Waals surface area (Å²) in [5.74, 6) is -1.31. The van der Waals surface area contributed by atoms with Gasteiger partial charge < -0.3 is 10.1 Å². The molecule has 5 nitrogen and oxygen atoms in total. The van der Waals surface area contributed by atoms with E-state index in [2.05, 4.69) is 10.1 Å². The van der Waals surface area contributed by atoms with Gasteiger partial charge in [0.2, 0.25) is 5.91 Å². The summed E-state index contributed by atoms with van der Waals surface area (Å²) >= 11 is 0. The van der Waals surface area contributed by atoms with Gasteiger partial charge in [0.05, 0.1) is 19.6 Å². The van der Waals surface area contributed by atoms with Gasteiger partial charge in [0.25, 0.3) is 0 Å². The summed E-state index contributed by atoms with van der Waals surface area (Å²) in [7, 11) is 1.25. The van der Waals surface area contributed by atoms with E-state index in [9.17, 15) is 14.0 Å². The summed E-state index contributed by atoms with van der Waals surface area (Å²) in [4.78, 5) is 23.6. The molecule has 0 aliphatic heterocycles. The Morgan fingerprint density at radius 1 is 1.41 bits per heavy atom. The molecule has 0 bridgehead atoms. The maximum absolute atomic E-state index is 13.1. The molecule has 6 heteroatoms. The molecular formula is C16H19FN2O3. The fourth-order valence-corrected chi connectivity index (χ4v) is 2.02. The first kappa shape index (κ1) is 17.6. The molecule has 1 rings (SSSR count). The van der Waals surface area contributed by atoms with E-state index in [0.717, 1.165) is 0 Å². The molecule has 118 valence electrons. The van der Waals surface area contributed by atoms with Crippen LogP contribution in [0, 0.1) is 17.1 Å². The summed E-state index contributed by atoms with van der Waals surface area (Å²) < 4.78 is 17.7. The van der Waals surface area contributed by atoms with Crippen LogP contribution in [-0.4, -0.2) is 25.0 Å². The van der Waals surface area contributed by atoms with Crippen LogP contribution in [0.4, 0.5) is 4.39 Å². The van der Waals surface area contributed by atoms with E-state index >= 15 is 0 Å². The number of ether oxygens (including phenoxy) is 1. The van der Waals surface area contributed by atoms with Gasteiger partial charge in [0, 0.05) is 6.42 Å². The molecule has 0 aliphatic carbocycles. The highest BCUT2D eigenvalue weighted by molar-refractivity contribution is 5.85. The van der Waals surface area contributed by atoms with E-state index < -0.39 is 17.8 Å². The van der Waals surface area contributed by atoms with Crippen LogP contribution in [0.15, 0.2) is 24.3 Å². The second-order valence-electron chi connectivity index (χ2n) is 4.85. The van der Waals surface area contributed by atoms with Crippen molar-refractivity contribution in [1.29, 1.82) is 5.26 Å². The third-order valence-electron chi connectivity index (χ3n) is 3.11. The van der Waals surface area contributed by atoms with E-state index in [4.69, 9.17) is 5.26 Å². The topological polar surface area (TPSA) is 79.2 Å². The zero-order chi connectivity index (χ0) is 16.4. The standard InChI is InChI=1S/C16H19FN2O3/c1-22-16(21)14(8-3-2-4-9-18)19-15(20)11-12-6-5-7-13(17)10-12/h5-7,10,14H,2-4,8,11H2,1H3,(H,19,20)/t14-/m0/s1. The first-order valence-corrected chi connectivity index (χ1v) is 7.05. The minimum Gasteiger partial charge on any atom is -0.467 e. The highest BCUT2D eigenvalue weighted by Gasteiger charge is 2.21. The minimum atomic E-state index is -0.746. The number of nitrogens with one attached hydrogen (secondary N) is 1. The predicted octanol–water partition coefficient (Wildman–Crippen LogP) is 2.11. The van der Waals surface area contributed by atoms with Gasteiger partial charge in [-0.05, 0) is 37.0 Å². The quantitative estimate of drug-likeness (QED) is 0.589. The molecule has 1 amide bonds. The van der Waals surface area contributed by atoms with Crippen molar-refractivity contribution < 1.29 is 18.7 Å². The first-order chi connectivity index (χ1) is 10.6. The normalized spacial score (nSPS) is 11.3. The number of methoxy groups -OCH3 is 1. The summed E-state index contributed by atoms with van der Waals surface area (Å²) in [5.41, 5.74) is 0.533. The van der Waals surface area contributed by atoms with Crippen molar-refractivity contribution in [1.82, 2.24) is 5.32 Å². The van der Waals surface area contributed by atoms with Crippen LogP contribution in [0.2, 0.25) is 0 Å². The molecule has 0 aliphatic rings. The van der Waals surface area contributed by atoms with Crippen molar-refractivity contribution in [2.75, 3.05) is 7.11 Å². The Kier molecular flexibility index (Phi) is 7.62. The molecule has 0 unspecified atom stereocenters. The van der Waals surface area contributed by atoms with Crippen molar-refractivity contribution in [3.63, 3.8) is 0 Å². The third kappa shape index (κ3) is 6.35. The number of carbonyl (C=O) groups is 2. The van der Waals surface area contributed by atoms with Crippen LogP contribution in [-0.2, 0) is 20.7 Å². The molecule has 1 aromatic carbocycles. The average molecular weight is 306 g/mol. The van der Waals surface area contributed by atoms with Crippen LogP contribution in [0.5, 0.6) is 0 Å². The van der Waals surface area contributed by atoms with Gasteiger partial charge in [-0.25, -0.2) is 9.18 Å². The number of nitriles is 1. The molecule has 1 N–H and O–H groups in total. The van der Waals surface area contributed by atoms with Gasteiger partial charge in [-0.3, -0.25) is 4.79 Å². The smallest absolute Gasteiger partial charge is 0.328 e. The summed E-state index contributed by atoms with van der Waals surface area (Å²) in [6.45, 7) is 0. The van der Waals surface area contributed by atoms with Gasteiger partial charge in [-0.2, -0.15) is 5.26 Å². The lowest BCUT2D eigenvalue weighted by Crippen LogP contribution is -2.42. The van der Waals surface area contributed by atoms with Crippen LogP contribution >= 0.6 is 0 Å². The monoisotopic (exact) mass is 306 g/mol. The van der Waals surface area contributed by atoms with E-state index in [1.807, 2.05) is 6.07 Å². The largest absolute Gasteiger partial charge is 0.467 e. The second-order valence-corrected chi connectivity index (χ2v) is 4.85. The van der Waals surface area contributed by atoms with Gasteiger partial charge >= 0.3 is 5.97 Å². The van der Waals surface area contributed by atoms with Gasteiger partial charge in [-0.1, -0.05) is 12.1 Å². The molecule has 1 aromatic rings. The molecular weight excluding hydrogens is 287 g/mol. The zero-order valence-electron chi connectivity index (χ0n) is 12.5. The number of benzene rings is 1. The number of unbranched alkanes of at least 4 members (excludes halogenated alkanes) is 2. The minimum absolute atomic E-state index is 0.0105. The Morgan fingerprint density at radius 3 is 2.82 bits per heavy atom. The van der Waals surface area contributed by atoms with Crippen molar-refractivity contribution in [3.8, 4) is 6.07 Å². The van der Waals surface area contributed by atoms with Gasteiger partial charge in [0.15, 0.2) is 0 Å². The summed E-state index contributed by atoms with van der Waals surface area (Å²) in [6.07, 6.45) is 2.09. The van der Waals surface area contributed by atoms with Crippen molar-refractivity contribution in [3.05, 3.63) is 35.6 Å². The van der Waals surface area contributed by atoms with Crippen LogP contribution in [0.3, 0.4) is 0 Å². The van der Waals surface area contributed by atoms with E-state index in [-0.39, 0.29) is 12.3 Å². The Morgan fingerprint density at radius 2 is 2.18 bits per heavy atom. The molecule has 0 heterocycles. The van der Waals surface area contributed by atoms with Crippen LogP contribution in [0.1, 0.15) is 31.2 Å². The molecule has 22 heavy (non-hydrogen) atoms. The first-order valence-electron chi connectivity index (χ1n) is 7.05.